The molecule has 1 aliphatic heterocycles. The maximum absolute atomic E-state index is 2.78. The molecule has 0 aromatic heterocycles. The van der Waals surface area contributed by atoms with E-state index < -0.39 is 0 Å². The fourth-order valence-corrected chi connectivity index (χ4v) is 3.81. The van der Waals surface area contributed by atoms with E-state index in [-0.39, 0.29) is 0 Å². The molecular weight excluding hydrogens is 170 g/mol. The fraction of sp³-hybridized carbons (Fsp3) is 0.846. The number of hydrogen-bond acceptors (Lipinski definition) is 1. The lowest BCUT2D eigenvalue weighted by Crippen LogP contribution is -2.37. The summed E-state index contributed by atoms with van der Waals surface area (Å²) in [4.78, 5) is 2.78. The molecule has 1 saturated carbocycles. The summed E-state index contributed by atoms with van der Waals surface area (Å²) in [7, 11) is 0. The number of rotatable bonds is 1. The van der Waals surface area contributed by atoms with Crippen LogP contribution in [0.5, 0.6) is 0 Å². The van der Waals surface area contributed by atoms with Crippen molar-refractivity contribution in [3.8, 4) is 0 Å². The van der Waals surface area contributed by atoms with Gasteiger partial charge in [-0.3, -0.25) is 0 Å². The van der Waals surface area contributed by atoms with E-state index in [1.807, 2.05) is 0 Å². The summed E-state index contributed by atoms with van der Waals surface area (Å²) < 4.78 is 0. The van der Waals surface area contributed by atoms with Crippen LogP contribution in [0.1, 0.15) is 38.5 Å². The van der Waals surface area contributed by atoms with E-state index in [2.05, 4.69) is 17.1 Å². The molecule has 14 heavy (non-hydrogen) atoms. The van der Waals surface area contributed by atoms with Crippen LogP contribution in [0, 0.1) is 11.8 Å². The molecule has 3 unspecified atom stereocenters. The average Bonchev–Trinajstić information content (AvgIpc) is 2.85. The van der Waals surface area contributed by atoms with E-state index >= 15 is 0 Å². The minimum Gasteiger partial charge on any atom is -0.300 e. The molecule has 1 saturated heterocycles. The van der Waals surface area contributed by atoms with Gasteiger partial charge in [-0.1, -0.05) is 12.2 Å². The topological polar surface area (TPSA) is 3.24 Å². The molecule has 0 amide bonds. The molecule has 3 aliphatic rings. The van der Waals surface area contributed by atoms with Crippen LogP contribution in [-0.4, -0.2) is 24.0 Å². The number of nitrogens with zero attached hydrogens (tertiary/aromatic N) is 1. The third kappa shape index (κ3) is 1.42. The number of fused-ring (bicyclic) bond motifs is 1. The zero-order valence-corrected chi connectivity index (χ0v) is 8.99. The van der Waals surface area contributed by atoms with Crippen molar-refractivity contribution in [1.29, 1.82) is 0 Å². The number of likely N-dealkylation sites (tertiary alicyclic amines) is 1. The van der Waals surface area contributed by atoms with E-state index in [1.165, 1.54) is 51.6 Å². The van der Waals surface area contributed by atoms with Crippen molar-refractivity contribution in [2.45, 2.75) is 44.6 Å². The van der Waals surface area contributed by atoms with Crippen molar-refractivity contribution < 1.29 is 0 Å². The Bertz CT molecular complexity index is 227. The number of hydrogen-bond donors (Lipinski definition) is 0. The van der Waals surface area contributed by atoms with Crippen LogP contribution < -0.4 is 0 Å². The molecule has 1 nitrogen and oxygen atoms in total. The van der Waals surface area contributed by atoms with Crippen LogP contribution in [0.15, 0.2) is 12.2 Å². The maximum atomic E-state index is 2.78. The first kappa shape index (κ1) is 8.96. The second-order valence-corrected chi connectivity index (χ2v) is 5.22. The van der Waals surface area contributed by atoms with Crippen LogP contribution >= 0.6 is 0 Å². The summed E-state index contributed by atoms with van der Waals surface area (Å²) in [5.74, 6) is 1.95. The van der Waals surface area contributed by atoms with Gasteiger partial charge in [0.1, 0.15) is 0 Å². The molecule has 3 atom stereocenters. The van der Waals surface area contributed by atoms with Gasteiger partial charge >= 0.3 is 0 Å². The molecule has 2 aliphatic carbocycles. The van der Waals surface area contributed by atoms with Gasteiger partial charge in [-0.15, -0.1) is 0 Å². The van der Waals surface area contributed by atoms with Gasteiger partial charge in [0.2, 0.25) is 0 Å². The van der Waals surface area contributed by atoms with Crippen molar-refractivity contribution in [2.75, 3.05) is 13.1 Å². The monoisotopic (exact) mass is 191 g/mol. The third-order valence-corrected chi connectivity index (χ3v) is 4.50. The van der Waals surface area contributed by atoms with Crippen molar-refractivity contribution in [3.63, 3.8) is 0 Å². The van der Waals surface area contributed by atoms with E-state index in [0.717, 1.165) is 17.9 Å². The van der Waals surface area contributed by atoms with Crippen molar-refractivity contribution >= 4 is 0 Å². The predicted molar refractivity (Wildman–Crippen MR) is 59.2 cm³/mol. The van der Waals surface area contributed by atoms with Gasteiger partial charge in [0.25, 0.3) is 0 Å². The summed E-state index contributed by atoms with van der Waals surface area (Å²) in [6.45, 7) is 2.77. The summed E-state index contributed by atoms with van der Waals surface area (Å²) in [5, 5.41) is 0. The van der Waals surface area contributed by atoms with Crippen molar-refractivity contribution in [3.05, 3.63) is 12.2 Å². The molecule has 2 fully saturated rings. The van der Waals surface area contributed by atoms with Gasteiger partial charge in [0.15, 0.2) is 0 Å². The van der Waals surface area contributed by atoms with Crippen LogP contribution in [-0.2, 0) is 0 Å². The molecule has 1 heteroatoms. The lowest BCUT2D eigenvalue weighted by atomic mass is 9.84. The van der Waals surface area contributed by atoms with Crippen LogP contribution in [0.2, 0.25) is 0 Å². The molecular formula is C13H21N. The molecule has 1 heterocycles. The molecule has 78 valence electrons. The fourth-order valence-electron chi connectivity index (χ4n) is 3.81. The Labute approximate surface area is 87.2 Å². The zero-order chi connectivity index (χ0) is 9.38. The minimum atomic E-state index is 0.939. The lowest BCUT2D eigenvalue weighted by Gasteiger charge is -2.32. The van der Waals surface area contributed by atoms with E-state index in [0.29, 0.717) is 0 Å². The van der Waals surface area contributed by atoms with Gasteiger partial charge in [0.05, 0.1) is 0 Å². The Balaban J connectivity index is 1.72. The highest BCUT2D eigenvalue weighted by atomic mass is 15.2. The normalized spacial score (nSPS) is 43.0. The maximum Gasteiger partial charge on any atom is 0.0129 e. The van der Waals surface area contributed by atoms with Crippen molar-refractivity contribution in [2.24, 2.45) is 11.8 Å². The molecule has 0 aromatic carbocycles. The largest absolute Gasteiger partial charge is 0.300 e. The molecule has 0 spiro atoms. The molecule has 0 bridgehead atoms. The highest BCUT2D eigenvalue weighted by Crippen LogP contribution is 2.42. The second-order valence-electron chi connectivity index (χ2n) is 5.22. The van der Waals surface area contributed by atoms with Crippen LogP contribution in [0.4, 0.5) is 0 Å². The van der Waals surface area contributed by atoms with Crippen molar-refractivity contribution in [1.82, 2.24) is 4.90 Å². The molecule has 0 aromatic rings. The Kier molecular flexibility index (Phi) is 2.36. The quantitative estimate of drug-likeness (QED) is 0.576. The Morgan fingerprint density at radius 1 is 1.00 bits per heavy atom. The molecule has 0 radical (unpaired) electrons. The van der Waals surface area contributed by atoms with E-state index in [4.69, 9.17) is 0 Å². The smallest absolute Gasteiger partial charge is 0.0129 e. The minimum absolute atomic E-state index is 0.939. The van der Waals surface area contributed by atoms with E-state index in [1.54, 1.807) is 0 Å². The molecule has 0 N–H and O–H groups in total. The second kappa shape index (κ2) is 3.69. The van der Waals surface area contributed by atoms with Gasteiger partial charge in [0, 0.05) is 6.04 Å². The Morgan fingerprint density at radius 2 is 1.86 bits per heavy atom. The van der Waals surface area contributed by atoms with Crippen LogP contribution in [0.25, 0.3) is 0 Å². The first-order chi connectivity index (χ1) is 6.95. The summed E-state index contributed by atoms with van der Waals surface area (Å²) in [5.41, 5.74) is 0. The van der Waals surface area contributed by atoms with Crippen LogP contribution in [0.3, 0.4) is 0 Å². The zero-order valence-electron chi connectivity index (χ0n) is 8.99. The average molecular weight is 191 g/mol. The summed E-state index contributed by atoms with van der Waals surface area (Å²) in [6, 6.07) is 0.951. The highest BCUT2D eigenvalue weighted by molar-refractivity contribution is 5.05. The first-order valence-corrected chi connectivity index (χ1v) is 6.36. The van der Waals surface area contributed by atoms with Gasteiger partial charge < -0.3 is 4.90 Å². The third-order valence-electron chi connectivity index (χ3n) is 4.50. The Hall–Kier alpha value is -0.300. The predicted octanol–water partition coefficient (Wildman–Crippen LogP) is 2.83. The van der Waals surface area contributed by atoms with E-state index in [9.17, 15) is 0 Å². The SMILES string of the molecule is C1=CC2CCC(N3CCCC3)C2CC1. The first-order valence-electron chi connectivity index (χ1n) is 6.36. The Morgan fingerprint density at radius 3 is 2.71 bits per heavy atom. The standard InChI is InChI=1S/C13H21N/c1-2-6-12-11(5-1)7-8-13(12)14-9-3-4-10-14/h1,5,11-13H,2-4,6-10H2. The number of allylic oxidation sites excluding steroid dienone is 2. The van der Waals surface area contributed by atoms with Gasteiger partial charge in [-0.05, 0) is 63.5 Å². The molecule has 3 rings (SSSR count). The van der Waals surface area contributed by atoms with Gasteiger partial charge in [-0.2, -0.15) is 0 Å². The summed E-state index contributed by atoms with van der Waals surface area (Å²) >= 11 is 0. The highest BCUT2D eigenvalue weighted by Gasteiger charge is 2.39. The summed E-state index contributed by atoms with van der Waals surface area (Å²) in [6.07, 6.45) is 13.5. The lowest BCUT2D eigenvalue weighted by molar-refractivity contribution is 0.177. The van der Waals surface area contributed by atoms with Gasteiger partial charge in [-0.25, -0.2) is 0 Å².